The number of aromatic nitrogens is 1. The smallest absolute Gasteiger partial charge is 0.272 e. The van der Waals surface area contributed by atoms with Gasteiger partial charge in [0, 0.05) is 18.4 Å². The van der Waals surface area contributed by atoms with E-state index < -0.39 is 5.82 Å². The largest absolute Gasteiger partial charge is 0.337 e. The molecule has 0 N–H and O–H groups in total. The molecule has 1 amide bonds. The van der Waals surface area contributed by atoms with Gasteiger partial charge in [-0.25, -0.2) is 9.37 Å². The number of rotatable bonds is 4. The Morgan fingerprint density at radius 3 is 2.80 bits per heavy atom. The molecule has 0 unspecified atom stereocenters. The molecular weight excluding hydrogens is 263 g/mol. The third-order valence-corrected chi connectivity index (χ3v) is 2.32. The number of carbonyl (C=O) groups excluding carboxylic acids is 1. The zero-order chi connectivity index (χ0) is 11.3. The maximum atomic E-state index is 12.6. The van der Waals surface area contributed by atoms with Crippen LogP contribution in [0.3, 0.4) is 0 Å². The maximum Gasteiger partial charge on any atom is 0.272 e. The molecule has 0 aromatic carbocycles. The quantitative estimate of drug-likeness (QED) is 0.788. The first-order chi connectivity index (χ1) is 7.19. The highest BCUT2D eigenvalue weighted by Crippen LogP contribution is 2.03. The lowest BCUT2D eigenvalue weighted by Gasteiger charge is -2.18. The Bertz CT molecular complexity index is 329. The van der Waals surface area contributed by atoms with Gasteiger partial charge in [0.25, 0.3) is 5.91 Å². The van der Waals surface area contributed by atoms with Gasteiger partial charge in [-0.15, -0.1) is 0 Å². The first-order valence-corrected chi connectivity index (χ1v) is 5.78. The first kappa shape index (κ1) is 12.1. The van der Waals surface area contributed by atoms with Crippen molar-refractivity contribution in [3.05, 3.63) is 29.8 Å². The SMILES string of the molecule is CCN(CCBr)C(=O)c1ccc(F)cn1. The van der Waals surface area contributed by atoms with E-state index in [0.717, 1.165) is 6.20 Å². The average Bonchev–Trinajstić information content (AvgIpc) is 2.26. The molecular formula is C10H12BrFN2O. The number of pyridine rings is 1. The monoisotopic (exact) mass is 274 g/mol. The highest BCUT2D eigenvalue weighted by atomic mass is 79.9. The Morgan fingerprint density at radius 1 is 1.60 bits per heavy atom. The number of nitrogens with zero attached hydrogens (tertiary/aromatic N) is 2. The minimum absolute atomic E-state index is 0.169. The van der Waals surface area contributed by atoms with Crippen LogP contribution in [0.15, 0.2) is 18.3 Å². The van der Waals surface area contributed by atoms with E-state index in [-0.39, 0.29) is 11.6 Å². The third-order valence-electron chi connectivity index (χ3n) is 1.97. The van der Waals surface area contributed by atoms with Crippen LogP contribution in [0.25, 0.3) is 0 Å². The highest BCUT2D eigenvalue weighted by molar-refractivity contribution is 9.09. The van der Waals surface area contributed by atoms with Gasteiger partial charge >= 0.3 is 0 Å². The lowest BCUT2D eigenvalue weighted by molar-refractivity contribution is 0.0769. The Kier molecular flexibility index (Phi) is 4.68. The molecule has 0 saturated carbocycles. The fraction of sp³-hybridized carbons (Fsp3) is 0.400. The standard InChI is InChI=1S/C10H12BrFN2O/c1-2-14(6-5-11)10(15)9-4-3-8(12)7-13-9/h3-4,7H,2,5-6H2,1H3. The maximum absolute atomic E-state index is 12.6. The number of hydrogen-bond donors (Lipinski definition) is 0. The van der Waals surface area contributed by atoms with E-state index in [2.05, 4.69) is 20.9 Å². The van der Waals surface area contributed by atoms with Crippen molar-refractivity contribution in [2.45, 2.75) is 6.92 Å². The van der Waals surface area contributed by atoms with Crippen LogP contribution in [0.4, 0.5) is 4.39 Å². The molecule has 0 radical (unpaired) electrons. The molecule has 1 heterocycles. The van der Waals surface area contributed by atoms with Crippen molar-refractivity contribution in [2.24, 2.45) is 0 Å². The number of carbonyl (C=O) groups is 1. The van der Waals surface area contributed by atoms with E-state index in [1.807, 2.05) is 6.92 Å². The second-order valence-corrected chi connectivity index (χ2v) is 3.73. The van der Waals surface area contributed by atoms with Crippen molar-refractivity contribution < 1.29 is 9.18 Å². The van der Waals surface area contributed by atoms with Crippen molar-refractivity contribution in [1.29, 1.82) is 0 Å². The first-order valence-electron chi connectivity index (χ1n) is 4.65. The average molecular weight is 275 g/mol. The van der Waals surface area contributed by atoms with Gasteiger partial charge in [-0.05, 0) is 19.1 Å². The van der Waals surface area contributed by atoms with Crippen LogP contribution in [0, 0.1) is 5.82 Å². The van der Waals surface area contributed by atoms with Crippen molar-refractivity contribution in [2.75, 3.05) is 18.4 Å². The molecule has 1 aromatic rings. The molecule has 0 spiro atoms. The summed E-state index contributed by atoms with van der Waals surface area (Å²) in [6.07, 6.45) is 1.05. The fourth-order valence-electron chi connectivity index (χ4n) is 1.17. The molecule has 0 bridgehead atoms. The second kappa shape index (κ2) is 5.80. The predicted molar refractivity (Wildman–Crippen MR) is 59.6 cm³/mol. The van der Waals surface area contributed by atoms with Gasteiger partial charge in [0.15, 0.2) is 0 Å². The summed E-state index contributed by atoms with van der Waals surface area (Å²) in [7, 11) is 0. The summed E-state index contributed by atoms with van der Waals surface area (Å²) in [6.45, 7) is 3.13. The van der Waals surface area contributed by atoms with Gasteiger partial charge < -0.3 is 4.90 Å². The van der Waals surface area contributed by atoms with Crippen molar-refractivity contribution in [3.8, 4) is 0 Å². The van der Waals surface area contributed by atoms with Gasteiger partial charge in [0.05, 0.1) is 6.20 Å². The van der Waals surface area contributed by atoms with Crippen LogP contribution in [0.5, 0.6) is 0 Å². The summed E-state index contributed by atoms with van der Waals surface area (Å²) in [5, 5.41) is 0.716. The molecule has 0 aliphatic rings. The van der Waals surface area contributed by atoms with E-state index >= 15 is 0 Å². The summed E-state index contributed by atoms with van der Waals surface area (Å²) in [6, 6.07) is 2.64. The molecule has 3 nitrogen and oxygen atoms in total. The number of amides is 1. The molecule has 0 aliphatic heterocycles. The van der Waals surface area contributed by atoms with Crippen LogP contribution in [-0.2, 0) is 0 Å². The lowest BCUT2D eigenvalue weighted by Crippen LogP contribution is -2.33. The molecule has 5 heteroatoms. The van der Waals surface area contributed by atoms with Crippen molar-refractivity contribution in [1.82, 2.24) is 9.88 Å². The Balaban J connectivity index is 2.78. The summed E-state index contributed by atoms with van der Waals surface area (Å²) >= 11 is 3.27. The van der Waals surface area contributed by atoms with Crippen LogP contribution < -0.4 is 0 Å². The summed E-state index contributed by atoms with van der Waals surface area (Å²) < 4.78 is 12.6. The van der Waals surface area contributed by atoms with Gasteiger partial charge in [0.1, 0.15) is 11.5 Å². The number of hydrogen-bond acceptors (Lipinski definition) is 2. The highest BCUT2D eigenvalue weighted by Gasteiger charge is 2.14. The summed E-state index contributed by atoms with van der Waals surface area (Å²) in [5.41, 5.74) is 0.277. The zero-order valence-corrected chi connectivity index (χ0v) is 10.00. The van der Waals surface area contributed by atoms with E-state index in [1.54, 1.807) is 4.90 Å². The number of alkyl halides is 1. The Hall–Kier alpha value is -0.970. The molecule has 0 saturated heterocycles. The van der Waals surface area contributed by atoms with Crippen LogP contribution >= 0.6 is 15.9 Å². The summed E-state index contributed by atoms with van der Waals surface area (Å²) in [4.78, 5) is 17.2. The van der Waals surface area contributed by atoms with Gasteiger partial charge in [-0.2, -0.15) is 0 Å². The van der Waals surface area contributed by atoms with Gasteiger partial charge in [0.2, 0.25) is 0 Å². The van der Waals surface area contributed by atoms with Crippen LogP contribution in [-0.4, -0.2) is 34.2 Å². The minimum Gasteiger partial charge on any atom is -0.337 e. The second-order valence-electron chi connectivity index (χ2n) is 2.94. The van der Waals surface area contributed by atoms with E-state index in [1.165, 1.54) is 12.1 Å². The topological polar surface area (TPSA) is 33.2 Å². The van der Waals surface area contributed by atoms with Crippen LogP contribution in [0.1, 0.15) is 17.4 Å². The van der Waals surface area contributed by atoms with Gasteiger partial charge in [-0.1, -0.05) is 15.9 Å². The predicted octanol–water partition coefficient (Wildman–Crippen LogP) is 2.08. The fourth-order valence-corrected chi connectivity index (χ4v) is 1.60. The molecule has 1 aromatic heterocycles. The van der Waals surface area contributed by atoms with Crippen molar-refractivity contribution in [3.63, 3.8) is 0 Å². The molecule has 1 rings (SSSR count). The van der Waals surface area contributed by atoms with Crippen molar-refractivity contribution >= 4 is 21.8 Å². The molecule has 0 fully saturated rings. The van der Waals surface area contributed by atoms with Gasteiger partial charge in [-0.3, -0.25) is 4.79 Å². The molecule has 82 valence electrons. The third kappa shape index (κ3) is 3.27. The molecule has 0 atom stereocenters. The minimum atomic E-state index is -0.435. The van der Waals surface area contributed by atoms with Crippen LogP contribution in [0.2, 0.25) is 0 Å². The molecule has 15 heavy (non-hydrogen) atoms. The lowest BCUT2D eigenvalue weighted by atomic mass is 10.3. The van der Waals surface area contributed by atoms with E-state index in [0.29, 0.717) is 18.4 Å². The Labute approximate surface area is 96.4 Å². The summed E-state index contributed by atoms with van der Waals surface area (Å²) in [5.74, 6) is -0.605. The zero-order valence-electron chi connectivity index (χ0n) is 8.41. The normalized spacial score (nSPS) is 10.1. The number of halogens is 2. The van der Waals surface area contributed by atoms with E-state index in [4.69, 9.17) is 0 Å². The van der Waals surface area contributed by atoms with E-state index in [9.17, 15) is 9.18 Å². The molecule has 0 aliphatic carbocycles. The Morgan fingerprint density at radius 2 is 2.33 bits per heavy atom.